The molecule has 0 heterocycles. The molecule has 0 saturated carbocycles. The maximum Gasteiger partial charge on any atom is 4.00 e. The first-order valence-electron chi connectivity index (χ1n) is 10.1. The summed E-state index contributed by atoms with van der Waals surface area (Å²) in [7, 11) is -42.8. The monoisotopic (exact) mass is 1130 g/mol. The zero-order valence-corrected chi connectivity index (χ0v) is 38.6. The van der Waals surface area contributed by atoms with Crippen molar-refractivity contribution in [1.29, 1.82) is 0 Å². The molecule has 0 aromatic carbocycles. The van der Waals surface area contributed by atoms with Gasteiger partial charge >= 0.3 is 78.6 Å². The van der Waals surface area contributed by atoms with Crippen molar-refractivity contribution >= 4 is 60.8 Å². The van der Waals surface area contributed by atoms with Gasteiger partial charge in [-0.15, -0.1) is 0 Å². The Bertz CT molecular complexity index is 1250. The second kappa shape index (κ2) is 27.6. The molecular formula is C12H20O28P8Zr3. The number of aliphatic hydroxyl groups is 4. The Morgan fingerprint density at radius 2 is 0.451 bits per heavy atom. The van der Waals surface area contributed by atoms with Crippen LogP contribution in [0.15, 0.2) is 51.4 Å². The largest absolute Gasteiger partial charge is 4.00 e. The maximum absolute atomic E-state index is 10.5. The van der Waals surface area contributed by atoms with Crippen LogP contribution >= 0.6 is 60.8 Å². The van der Waals surface area contributed by atoms with Crippen molar-refractivity contribution in [2.24, 2.45) is 0 Å². The Kier molecular flexibility index (Phi) is 36.7. The second-order valence-corrected chi connectivity index (χ2v) is 21.8. The molecule has 0 aromatic heterocycles. The third-order valence-corrected chi connectivity index (χ3v) is 16.2. The maximum atomic E-state index is 10.5. The van der Waals surface area contributed by atoms with Gasteiger partial charge in [0.1, 0.15) is 0 Å². The quantitative estimate of drug-likeness (QED) is 0.0823. The molecule has 0 saturated heterocycles. The molecule has 28 nitrogen and oxygen atoms in total. The van der Waals surface area contributed by atoms with Gasteiger partial charge in [-0.25, -0.2) is 0 Å². The minimum absolute atomic E-state index is 0. The Labute approximate surface area is 344 Å². The summed E-state index contributed by atoms with van der Waals surface area (Å²) in [6.07, 6.45) is 1.58. The normalized spacial score (nSPS) is 18.2. The molecule has 0 radical (unpaired) electrons. The third-order valence-electron chi connectivity index (χ3n) is 3.15. The van der Waals surface area contributed by atoms with E-state index in [-0.39, 0.29) is 78.6 Å². The van der Waals surface area contributed by atoms with E-state index in [9.17, 15) is 95.2 Å². The Balaban J connectivity index is -0.0000000993. The van der Waals surface area contributed by atoms with E-state index in [4.69, 9.17) is 20.4 Å². The van der Waals surface area contributed by atoms with Crippen LogP contribution in [0.25, 0.3) is 0 Å². The number of hydrogen-bond donors (Lipinski definition) is 4. The predicted molar refractivity (Wildman–Crippen MR) is 130 cm³/mol. The molecule has 0 aromatic rings. The first-order valence-corrected chi connectivity index (χ1v) is 23.0. The zero-order valence-electron chi connectivity index (χ0n) is 24.1. The topological polar surface area (TPSA) is 531 Å². The van der Waals surface area contributed by atoms with E-state index < -0.39 is 83.1 Å². The van der Waals surface area contributed by atoms with Gasteiger partial charge in [-0.1, -0.05) is 26.3 Å². The predicted octanol–water partition coefficient (Wildman–Crippen LogP) is -8.45. The molecule has 0 rings (SSSR count). The van der Waals surface area contributed by atoms with Crippen LogP contribution in [0.2, 0.25) is 0 Å². The van der Waals surface area contributed by atoms with Gasteiger partial charge in [-0.2, -0.15) is 0 Å². The van der Waals surface area contributed by atoms with Crippen molar-refractivity contribution in [3.63, 3.8) is 0 Å². The first kappa shape index (κ1) is 67.7. The van der Waals surface area contributed by atoms with E-state index in [0.29, 0.717) is 25.0 Å². The molecule has 0 amide bonds. The minimum atomic E-state index is -5.60. The molecule has 4 N–H and O–H groups in total. The van der Waals surface area contributed by atoms with Crippen molar-refractivity contribution in [2.45, 2.75) is 22.3 Å². The van der Waals surface area contributed by atoms with Crippen LogP contribution in [-0.2, 0) is 133 Å². The molecule has 8 unspecified atom stereocenters. The van der Waals surface area contributed by atoms with E-state index in [2.05, 4.69) is 44.4 Å². The molecule has 0 fully saturated rings. The van der Waals surface area contributed by atoms with E-state index in [0.717, 1.165) is 0 Å². The van der Waals surface area contributed by atoms with E-state index in [1.807, 2.05) is 0 Å². The first-order chi connectivity index (χ1) is 20.9. The van der Waals surface area contributed by atoms with E-state index >= 15 is 0 Å². The summed E-state index contributed by atoms with van der Waals surface area (Å²) in [4.78, 5) is 122. The fourth-order valence-corrected chi connectivity index (χ4v) is 8.79. The van der Waals surface area contributed by atoms with Crippen molar-refractivity contribution < 1.29 is 212 Å². The fraction of sp³-hybridized carbons (Fsp3) is 0.333. The van der Waals surface area contributed by atoms with Crippen LogP contribution < -0.4 is 58.7 Å². The van der Waals surface area contributed by atoms with Gasteiger partial charge in [0.25, 0.3) is 0 Å². The molecule has 0 bridgehead atoms. The molecule has 0 aliphatic rings. The van der Waals surface area contributed by atoms with Crippen LogP contribution in [0.5, 0.6) is 0 Å². The van der Waals surface area contributed by atoms with Crippen LogP contribution in [0.1, 0.15) is 0 Å². The van der Waals surface area contributed by atoms with Gasteiger partial charge in [0.2, 0.25) is 30.4 Å². The van der Waals surface area contributed by atoms with E-state index in [1.54, 1.807) is 0 Å². The Hall–Kier alpha value is 2.01. The standard InChI is InChI=1S/4C3H8O7P2.3Zr/c4*1-2-10-12(8,9)3(4)11(5,6)7;;;/h4*2-4H,1H2,(H,8,9)(H2,5,6,7);;;/q;;;;3*+4/p-12. The van der Waals surface area contributed by atoms with Crippen molar-refractivity contribution in [3.8, 4) is 0 Å². The molecule has 0 spiro atoms. The molecule has 51 heavy (non-hydrogen) atoms. The second-order valence-electron chi connectivity index (χ2n) is 6.79. The van der Waals surface area contributed by atoms with Gasteiger partial charge in [-0.3, -0.25) is 18.3 Å². The van der Waals surface area contributed by atoms with E-state index in [1.165, 1.54) is 0 Å². The summed E-state index contributed by atoms with van der Waals surface area (Å²) in [6, 6.07) is 0. The van der Waals surface area contributed by atoms with Gasteiger partial charge in [0, 0.05) is 0 Å². The van der Waals surface area contributed by atoms with Crippen LogP contribution in [0, 0.1) is 0 Å². The molecular weight excluding hydrogens is 1110 g/mol. The average molecular weight is 1130 g/mol. The van der Waals surface area contributed by atoms with Gasteiger partial charge in [-0.05, 0) is 30.4 Å². The van der Waals surface area contributed by atoms with Gasteiger partial charge in [0.05, 0.1) is 25.0 Å². The smallest absolute Gasteiger partial charge is 0.809 e. The number of rotatable bonds is 16. The van der Waals surface area contributed by atoms with Crippen molar-refractivity contribution in [2.75, 3.05) is 0 Å². The summed E-state index contributed by atoms with van der Waals surface area (Å²) in [6.45, 7) is 11.2. The molecule has 0 aliphatic heterocycles. The molecule has 8 atom stereocenters. The Morgan fingerprint density at radius 3 is 0.510 bits per heavy atom. The molecule has 288 valence electrons. The van der Waals surface area contributed by atoms with Crippen LogP contribution in [0.3, 0.4) is 0 Å². The minimum Gasteiger partial charge on any atom is -0.809 e. The summed E-state index contributed by atoms with van der Waals surface area (Å²) in [5.74, 6) is 0. The SMILES string of the molecule is C=COP(=O)([O-])C(O)P(=O)([O-])[O-].C=COP(=O)([O-])C(O)P(=O)([O-])[O-].C=COP(=O)([O-])C(O)P(=O)([O-])[O-].C=COP(=O)([O-])C(O)P(=O)([O-])[O-].[Zr+4].[Zr+4].[Zr+4]. The number of aliphatic hydroxyl groups excluding tert-OH is 4. The Morgan fingerprint density at radius 1 is 0.353 bits per heavy atom. The van der Waals surface area contributed by atoms with Crippen LogP contribution in [-0.4, -0.2) is 42.8 Å². The summed E-state index contributed by atoms with van der Waals surface area (Å²) in [5.41, 5.74) is -12.3. The summed E-state index contributed by atoms with van der Waals surface area (Å²) >= 11 is 0. The summed E-state index contributed by atoms with van der Waals surface area (Å²) < 4.78 is 96.5. The molecule has 0 aliphatic carbocycles. The number of hydrogen-bond acceptors (Lipinski definition) is 28. The van der Waals surface area contributed by atoms with Gasteiger partial charge in [0.15, 0.2) is 22.3 Å². The van der Waals surface area contributed by atoms with Crippen molar-refractivity contribution in [1.82, 2.24) is 0 Å². The zero-order chi connectivity index (χ0) is 40.0. The van der Waals surface area contributed by atoms with Crippen LogP contribution in [0.4, 0.5) is 0 Å². The summed E-state index contributed by atoms with van der Waals surface area (Å²) in [5, 5.41) is 33.6. The van der Waals surface area contributed by atoms with Gasteiger partial charge < -0.3 is 116 Å². The fourth-order valence-electron chi connectivity index (χ4n) is 1.33. The van der Waals surface area contributed by atoms with Crippen molar-refractivity contribution in [3.05, 3.63) is 51.4 Å². The average Bonchev–Trinajstić information content (AvgIpc) is 2.85. The third kappa shape index (κ3) is 29.9. The molecule has 39 heteroatoms.